The number of amides is 2. The Balaban J connectivity index is 1.56. The van der Waals surface area contributed by atoms with Gasteiger partial charge in [-0.3, -0.25) is 4.90 Å². The summed E-state index contributed by atoms with van der Waals surface area (Å²) in [7, 11) is 0. The first kappa shape index (κ1) is 23.1. The standard InChI is InChI=1S/C22H21F3N4O3S/c1-33-18-8-6-17(7-9-18)29(21(30)28-10-12-31-13-11-28)14-15-2-4-16(5-3-15)19-26-27-20(32-19)22(23,24)25/h2-9H,10-14H2,1H3. The summed E-state index contributed by atoms with van der Waals surface area (Å²) < 4.78 is 48.2. The second-order valence-corrected chi connectivity index (χ2v) is 8.15. The Morgan fingerprint density at radius 3 is 2.30 bits per heavy atom. The van der Waals surface area contributed by atoms with Crippen LogP contribution in [0.15, 0.2) is 57.8 Å². The van der Waals surface area contributed by atoms with Crippen molar-refractivity contribution in [2.24, 2.45) is 0 Å². The molecule has 2 aromatic carbocycles. The van der Waals surface area contributed by atoms with Crippen molar-refractivity contribution in [2.45, 2.75) is 17.6 Å². The van der Waals surface area contributed by atoms with E-state index in [0.29, 0.717) is 31.9 Å². The summed E-state index contributed by atoms with van der Waals surface area (Å²) in [4.78, 5) is 17.8. The molecule has 2 heterocycles. The minimum absolute atomic E-state index is 0.133. The van der Waals surface area contributed by atoms with Crippen LogP contribution in [0.5, 0.6) is 0 Å². The van der Waals surface area contributed by atoms with E-state index >= 15 is 0 Å². The smallest absolute Gasteiger partial charge is 0.413 e. The zero-order valence-electron chi connectivity index (χ0n) is 17.7. The molecule has 1 fully saturated rings. The molecule has 0 saturated carbocycles. The number of aromatic nitrogens is 2. The van der Waals surface area contributed by atoms with Crippen molar-refractivity contribution in [2.75, 3.05) is 37.5 Å². The number of thioether (sulfide) groups is 1. The van der Waals surface area contributed by atoms with Crippen LogP contribution in [0.2, 0.25) is 0 Å². The van der Waals surface area contributed by atoms with E-state index in [1.54, 1.807) is 45.8 Å². The maximum atomic E-state index is 13.3. The van der Waals surface area contributed by atoms with Gasteiger partial charge in [-0.2, -0.15) is 13.2 Å². The average Bonchev–Trinajstić information content (AvgIpc) is 3.34. The Morgan fingerprint density at radius 2 is 1.73 bits per heavy atom. The van der Waals surface area contributed by atoms with Crippen molar-refractivity contribution in [3.8, 4) is 11.5 Å². The first-order chi connectivity index (χ1) is 15.8. The van der Waals surface area contributed by atoms with Gasteiger partial charge in [0.2, 0.25) is 5.89 Å². The molecule has 0 unspecified atom stereocenters. The molecule has 0 bridgehead atoms. The van der Waals surface area contributed by atoms with Crippen LogP contribution in [0.25, 0.3) is 11.5 Å². The normalized spacial score (nSPS) is 14.4. The van der Waals surface area contributed by atoms with Gasteiger partial charge in [-0.05, 0) is 48.2 Å². The third-order valence-corrected chi connectivity index (χ3v) is 5.85. The Bertz CT molecular complexity index is 1080. The zero-order valence-corrected chi connectivity index (χ0v) is 18.5. The third-order valence-electron chi connectivity index (χ3n) is 5.11. The summed E-state index contributed by atoms with van der Waals surface area (Å²) in [5.41, 5.74) is 1.90. The second-order valence-electron chi connectivity index (χ2n) is 7.27. The number of urea groups is 1. The Kier molecular flexibility index (Phi) is 6.89. The predicted octanol–water partition coefficient (Wildman–Crippen LogP) is 4.94. The molecule has 1 saturated heterocycles. The lowest BCUT2D eigenvalue weighted by Crippen LogP contribution is -2.48. The second kappa shape index (κ2) is 9.84. The molecule has 33 heavy (non-hydrogen) atoms. The molecule has 1 aliphatic heterocycles. The minimum atomic E-state index is -4.70. The van der Waals surface area contributed by atoms with Gasteiger partial charge in [-0.1, -0.05) is 12.1 Å². The van der Waals surface area contributed by atoms with Gasteiger partial charge in [0.15, 0.2) is 0 Å². The summed E-state index contributed by atoms with van der Waals surface area (Å²) in [5.74, 6) is -1.61. The van der Waals surface area contributed by atoms with Crippen LogP contribution in [0.1, 0.15) is 11.5 Å². The van der Waals surface area contributed by atoms with Crippen LogP contribution >= 0.6 is 11.8 Å². The van der Waals surface area contributed by atoms with E-state index in [1.807, 2.05) is 30.5 Å². The van der Waals surface area contributed by atoms with Gasteiger partial charge in [-0.15, -0.1) is 22.0 Å². The number of carbonyl (C=O) groups is 1. The number of benzene rings is 2. The van der Waals surface area contributed by atoms with Crippen molar-refractivity contribution < 1.29 is 27.1 Å². The highest BCUT2D eigenvalue weighted by Crippen LogP contribution is 2.30. The van der Waals surface area contributed by atoms with Gasteiger partial charge in [0.05, 0.1) is 19.8 Å². The SMILES string of the molecule is CSc1ccc(N(Cc2ccc(-c3nnc(C(F)(F)F)o3)cc2)C(=O)N2CCOCC2)cc1. The fourth-order valence-corrected chi connectivity index (χ4v) is 3.75. The first-order valence-electron chi connectivity index (χ1n) is 10.1. The molecule has 7 nitrogen and oxygen atoms in total. The molecule has 4 rings (SSSR count). The Labute approximate surface area is 192 Å². The number of carbonyl (C=O) groups excluding carboxylic acids is 1. The molecule has 1 aliphatic rings. The number of nitrogens with zero attached hydrogens (tertiary/aromatic N) is 4. The highest BCUT2D eigenvalue weighted by molar-refractivity contribution is 7.98. The van der Waals surface area contributed by atoms with Crippen LogP contribution in [0.3, 0.4) is 0 Å². The lowest BCUT2D eigenvalue weighted by molar-refractivity contribution is -0.156. The highest BCUT2D eigenvalue weighted by Gasteiger charge is 2.38. The van der Waals surface area contributed by atoms with Gasteiger partial charge in [0.25, 0.3) is 0 Å². The average molecular weight is 478 g/mol. The largest absolute Gasteiger partial charge is 0.470 e. The molecule has 0 radical (unpaired) electrons. The lowest BCUT2D eigenvalue weighted by Gasteiger charge is -2.33. The molecule has 0 atom stereocenters. The number of rotatable bonds is 5. The van der Waals surface area contributed by atoms with Crippen molar-refractivity contribution in [1.82, 2.24) is 15.1 Å². The maximum Gasteiger partial charge on any atom is 0.470 e. The van der Waals surface area contributed by atoms with Crippen LogP contribution in [-0.2, 0) is 17.5 Å². The molecule has 2 amide bonds. The van der Waals surface area contributed by atoms with Crippen molar-refractivity contribution in [3.63, 3.8) is 0 Å². The molecule has 0 aliphatic carbocycles. The van der Waals surface area contributed by atoms with Gasteiger partial charge in [-0.25, -0.2) is 4.79 Å². The first-order valence-corrected chi connectivity index (χ1v) is 11.4. The molecular weight excluding hydrogens is 457 g/mol. The summed E-state index contributed by atoms with van der Waals surface area (Å²) in [6, 6.07) is 14.2. The van der Waals surface area contributed by atoms with E-state index in [2.05, 4.69) is 10.2 Å². The molecule has 0 N–H and O–H groups in total. The van der Waals surface area contributed by atoms with E-state index < -0.39 is 12.1 Å². The van der Waals surface area contributed by atoms with Gasteiger partial charge in [0, 0.05) is 29.2 Å². The van der Waals surface area contributed by atoms with Gasteiger partial charge >= 0.3 is 18.1 Å². The predicted molar refractivity (Wildman–Crippen MR) is 117 cm³/mol. The number of anilines is 1. The van der Waals surface area contributed by atoms with E-state index in [1.165, 1.54) is 0 Å². The lowest BCUT2D eigenvalue weighted by atomic mass is 10.1. The number of ether oxygens (including phenoxy) is 1. The third kappa shape index (κ3) is 5.48. The molecule has 174 valence electrons. The highest BCUT2D eigenvalue weighted by atomic mass is 32.2. The van der Waals surface area contributed by atoms with Crippen molar-refractivity contribution >= 4 is 23.5 Å². The van der Waals surface area contributed by atoms with Crippen LogP contribution in [0, 0.1) is 0 Å². The molecular formula is C22H21F3N4O3S. The molecule has 0 spiro atoms. The number of hydrogen-bond acceptors (Lipinski definition) is 6. The fourth-order valence-electron chi connectivity index (χ4n) is 3.35. The quantitative estimate of drug-likeness (QED) is 0.484. The number of morpholine rings is 1. The summed E-state index contributed by atoms with van der Waals surface area (Å²) in [5, 5.41) is 6.53. The van der Waals surface area contributed by atoms with E-state index in [0.717, 1.165) is 16.1 Å². The van der Waals surface area contributed by atoms with Crippen LogP contribution < -0.4 is 4.90 Å². The monoisotopic (exact) mass is 478 g/mol. The Morgan fingerprint density at radius 1 is 1.06 bits per heavy atom. The van der Waals surface area contributed by atoms with Crippen LogP contribution in [0.4, 0.5) is 23.7 Å². The van der Waals surface area contributed by atoms with Crippen molar-refractivity contribution in [1.29, 1.82) is 0 Å². The number of alkyl halides is 3. The van der Waals surface area contributed by atoms with E-state index in [4.69, 9.17) is 9.15 Å². The number of hydrogen-bond donors (Lipinski definition) is 0. The molecule has 3 aromatic rings. The maximum absolute atomic E-state index is 13.3. The fraction of sp³-hybridized carbons (Fsp3) is 0.318. The van der Waals surface area contributed by atoms with Gasteiger partial charge < -0.3 is 14.1 Å². The van der Waals surface area contributed by atoms with E-state index in [-0.39, 0.29) is 18.5 Å². The zero-order chi connectivity index (χ0) is 23.4. The minimum Gasteiger partial charge on any atom is -0.413 e. The van der Waals surface area contributed by atoms with Gasteiger partial charge in [0.1, 0.15) is 0 Å². The summed E-state index contributed by atoms with van der Waals surface area (Å²) in [6.45, 7) is 2.28. The topological polar surface area (TPSA) is 71.7 Å². The Hall–Kier alpha value is -3.05. The van der Waals surface area contributed by atoms with Crippen molar-refractivity contribution in [3.05, 3.63) is 60.0 Å². The van der Waals surface area contributed by atoms with E-state index in [9.17, 15) is 18.0 Å². The summed E-state index contributed by atoms with van der Waals surface area (Å²) >= 11 is 1.61. The number of halogens is 3. The molecule has 11 heteroatoms. The summed E-state index contributed by atoms with van der Waals surface area (Å²) in [6.07, 6.45) is -2.72. The van der Waals surface area contributed by atoms with Crippen LogP contribution in [-0.4, -0.2) is 53.7 Å². The molecule has 1 aromatic heterocycles.